The Kier molecular flexibility index (Phi) is 37.9. The van der Waals surface area contributed by atoms with Crippen LogP contribution in [-0.4, -0.2) is 0 Å². The van der Waals surface area contributed by atoms with Gasteiger partial charge in [0.2, 0.25) is 0 Å². The summed E-state index contributed by atoms with van der Waals surface area (Å²) in [5.41, 5.74) is 2.90. The van der Waals surface area contributed by atoms with Crippen LogP contribution >= 0.6 is 11.6 Å². The molecule has 0 bridgehead atoms. The zero-order valence-electron chi connectivity index (χ0n) is 36.9. The van der Waals surface area contributed by atoms with E-state index in [9.17, 15) is 0 Å². The lowest BCUT2D eigenvalue weighted by Crippen LogP contribution is -2.16. The predicted octanol–water partition coefficient (Wildman–Crippen LogP) is 19.7. The number of hydrogen-bond donors (Lipinski definition) is 0. The molecule has 0 nitrogen and oxygen atoms in total. The quantitative estimate of drug-likeness (QED) is 0.0460. The molecule has 0 aliphatic heterocycles. The Morgan fingerprint density at radius 2 is 0.585 bits per heavy atom. The SMILES string of the molecule is CCCCCCCCCCCCCCCCCCCCCCc1ccccc1C(C)(Cl)CCCCCCCCCCCCCCCCCCCCCC. The molecule has 53 heavy (non-hydrogen) atoms. The number of unbranched alkanes of at least 4 members (excludes halogenated alkanes) is 38. The minimum absolute atomic E-state index is 0.224. The molecule has 1 rings (SSSR count). The summed E-state index contributed by atoms with van der Waals surface area (Å²) in [6, 6.07) is 9.09. The largest absolute Gasteiger partial charge is 0.114 e. The van der Waals surface area contributed by atoms with E-state index >= 15 is 0 Å². The van der Waals surface area contributed by atoms with Crippen LogP contribution in [0.25, 0.3) is 0 Å². The molecule has 1 aromatic carbocycles. The van der Waals surface area contributed by atoms with E-state index in [1.54, 1.807) is 0 Å². The van der Waals surface area contributed by atoms with Crippen molar-refractivity contribution in [1.82, 2.24) is 0 Å². The molecule has 0 aliphatic carbocycles. The van der Waals surface area contributed by atoms with E-state index in [0.29, 0.717) is 0 Å². The van der Waals surface area contributed by atoms with Crippen molar-refractivity contribution in [2.45, 2.75) is 295 Å². The van der Waals surface area contributed by atoms with Crippen molar-refractivity contribution in [3.05, 3.63) is 35.4 Å². The Balaban J connectivity index is 1.94. The van der Waals surface area contributed by atoms with Crippen molar-refractivity contribution in [2.75, 3.05) is 0 Å². The first kappa shape index (κ1) is 50.5. The van der Waals surface area contributed by atoms with Crippen molar-refractivity contribution in [1.29, 1.82) is 0 Å². The number of aryl methyl sites for hydroxylation is 1. The average molecular weight is 758 g/mol. The maximum absolute atomic E-state index is 7.25. The molecule has 0 spiro atoms. The molecule has 0 saturated heterocycles. The summed E-state index contributed by atoms with van der Waals surface area (Å²) in [5, 5.41) is 0. The molecule has 0 aromatic heterocycles. The van der Waals surface area contributed by atoms with Gasteiger partial charge in [0.15, 0.2) is 0 Å². The van der Waals surface area contributed by atoms with Gasteiger partial charge in [0.25, 0.3) is 0 Å². The fraction of sp³-hybridized carbons (Fsp3) is 0.885. The van der Waals surface area contributed by atoms with Crippen LogP contribution in [-0.2, 0) is 11.3 Å². The van der Waals surface area contributed by atoms with Crippen molar-refractivity contribution >= 4 is 11.6 Å². The third-order valence-electron chi connectivity index (χ3n) is 12.4. The van der Waals surface area contributed by atoms with Crippen LogP contribution in [0.4, 0.5) is 0 Å². The highest BCUT2D eigenvalue weighted by Gasteiger charge is 2.25. The van der Waals surface area contributed by atoms with E-state index in [1.165, 1.54) is 274 Å². The molecule has 0 amide bonds. The topological polar surface area (TPSA) is 0 Å². The minimum Gasteiger partial charge on any atom is -0.114 e. The monoisotopic (exact) mass is 757 g/mol. The molecule has 1 unspecified atom stereocenters. The molecular weight excluding hydrogens is 660 g/mol. The van der Waals surface area contributed by atoms with E-state index in [0.717, 1.165) is 6.42 Å². The summed E-state index contributed by atoms with van der Waals surface area (Å²) in [5.74, 6) is 0. The highest BCUT2D eigenvalue weighted by molar-refractivity contribution is 6.23. The maximum Gasteiger partial charge on any atom is 0.0669 e. The van der Waals surface area contributed by atoms with Crippen LogP contribution in [0.15, 0.2) is 24.3 Å². The smallest absolute Gasteiger partial charge is 0.0669 e. The number of hydrogen-bond acceptors (Lipinski definition) is 0. The fourth-order valence-corrected chi connectivity index (χ4v) is 8.98. The first-order valence-electron chi connectivity index (χ1n) is 24.9. The second-order valence-corrected chi connectivity index (χ2v) is 18.6. The van der Waals surface area contributed by atoms with Crippen LogP contribution in [0.2, 0.25) is 0 Å². The van der Waals surface area contributed by atoms with Gasteiger partial charge in [-0.3, -0.25) is 0 Å². The summed E-state index contributed by atoms with van der Waals surface area (Å²) >= 11 is 7.25. The lowest BCUT2D eigenvalue weighted by atomic mass is 9.88. The number of benzene rings is 1. The molecule has 0 saturated carbocycles. The van der Waals surface area contributed by atoms with Crippen LogP contribution in [0.1, 0.15) is 295 Å². The molecule has 0 fully saturated rings. The Bertz CT molecular complexity index is 841. The van der Waals surface area contributed by atoms with Gasteiger partial charge in [-0.15, -0.1) is 11.6 Å². The molecule has 0 heterocycles. The first-order chi connectivity index (χ1) is 26.1. The Morgan fingerprint density at radius 3 is 0.887 bits per heavy atom. The van der Waals surface area contributed by atoms with E-state index in [2.05, 4.69) is 45.0 Å². The van der Waals surface area contributed by atoms with E-state index in [1.807, 2.05) is 0 Å². The lowest BCUT2D eigenvalue weighted by molar-refractivity contribution is 0.505. The average Bonchev–Trinajstić information content (AvgIpc) is 3.16. The van der Waals surface area contributed by atoms with Crippen molar-refractivity contribution in [2.24, 2.45) is 0 Å². The van der Waals surface area contributed by atoms with E-state index in [-0.39, 0.29) is 4.87 Å². The van der Waals surface area contributed by atoms with Crippen molar-refractivity contribution in [3.63, 3.8) is 0 Å². The molecule has 0 aliphatic rings. The third kappa shape index (κ3) is 33.4. The third-order valence-corrected chi connectivity index (χ3v) is 12.8. The summed E-state index contributed by atoms with van der Waals surface area (Å²) in [6.07, 6.45) is 59.8. The van der Waals surface area contributed by atoms with Crippen LogP contribution in [0.3, 0.4) is 0 Å². The molecular formula is C52H97Cl. The zero-order chi connectivity index (χ0) is 38.2. The molecule has 1 aromatic rings. The lowest BCUT2D eigenvalue weighted by Gasteiger charge is -2.26. The highest BCUT2D eigenvalue weighted by atomic mass is 35.5. The first-order valence-corrected chi connectivity index (χ1v) is 25.3. The molecule has 312 valence electrons. The van der Waals surface area contributed by atoms with Crippen molar-refractivity contribution < 1.29 is 0 Å². The normalized spacial score (nSPS) is 12.8. The van der Waals surface area contributed by atoms with Gasteiger partial charge in [-0.1, -0.05) is 289 Å². The number of alkyl halides is 1. The minimum atomic E-state index is -0.224. The number of rotatable bonds is 43. The van der Waals surface area contributed by atoms with Gasteiger partial charge in [0.1, 0.15) is 0 Å². The zero-order valence-corrected chi connectivity index (χ0v) is 37.6. The van der Waals surface area contributed by atoms with E-state index in [4.69, 9.17) is 11.6 Å². The summed E-state index contributed by atoms with van der Waals surface area (Å²) in [4.78, 5) is -0.224. The summed E-state index contributed by atoms with van der Waals surface area (Å²) in [7, 11) is 0. The van der Waals surface area contributed by atoms with Crippen molar-refractivity contribution in [3.8, 4) is 0 Å². The van der Waals surface area contributed by atoms with Crippen LogP contribution in [0, 0.1) is 0 Å². The van der Waals surface area contributed by atoms with E-state index < -0.39 is 0 Å². The van der Waals surface area contributed by atoms with Crippen LogP contribution < -0.4 is 0 Å². The van der Waals surface area contributed by atoms with Gasteiger partial charge in [-0.05, 0) is 37.3 Å². The fourth-order valence-electron chi connectivity index (χ4n) is 8.66. The Labute approximate surface area is 341 Å². The predicted molar refractivity (Wildman–Crippen MR) is 244 cm³/mol. The second kappa shape index (κ2) is 39.7. The highest BCUT2D eigenvalue weighted by Crippen LogP contribution is 2.37. The second-order valence-electron chi connectivity index (χ2n) is 17.8. The van der Waals surface area contributed by atoms with Gasteiger partial charge in [0, 0.05) is 0 Å². The van der Waals surface area contributed by atoms with Gasteiger partial charge in [-0.2, -0.15) is 0 Å². The standard InChI is InChI=1S/C52H97Cl/c1-4-6-8-10-12-14-16-18-20-22-24-26-28-30-32-34-36-38-40-42-46-50-47-43-44-48-51(50)52(3,53)49-45-41-39-37-35-33-31-29-27-25-23-21-19-17-15-13-11-9-7-5-2/h43-44,47-48H,4-42,45-46,49H2,1-3H3. The van der Waals surface area contributed by atoms with Gasteiger partial charge in [0.05, 0.1) is 4.87 Å². The Morgan fingerprint density at radius 1 is 0.340 bits per heavy atom. The molecule has 0 radical (unpaired) electrons. The molecule has 1 atom stereocenters. The molecule has 1 heteroatoms. The molecule has 0 N–H and O–H groups in total. The number of halogens is 1. The summed E-state index contributed by atoms with van der Waals surface area (Å²) < 4.78 is 0. The van der Waals surface area contributed by atoms with Gasteiger partial charge < -0.3 is 0 Å². The maximum atomic E-state index is 7.25. The summed E-state index contributed by atoms with van der Waals surface area (Å²) in [6.45, 7) is 6.89. The van der Waals surface area contributed by atoms with Gasteiger partial charge in [-0.25, -0.2) is 0 Å². The Hall–Kier alpha value is -0.490. The van der Waals surface area contributed by atoms with Gasteiger partial charge >= 0.3 is 0 Å². The van der Waals surface area contributed by atoms with Crippen LogP contribution in [0.5, 0.6) is 0 Å².